The van der Waals surface area contributed by atoms with Crippen molar-refractivity contribution in [2.75, 3.05) is 18.8 Å². The van der Waals surface area contributed by atoms with Crippen molar-refractivity contribution in [3.63, 3.8) is 0 Å². The molecule has 7 nitrogen and oxygen atoms in total. The number of thioether (sulfide) groups is 1. The van der Waals surface area contributed by atoms with Crippen LogP contribution in [-0.4, -0.2) is 46.0 Å². The standard InChI is InChI=1S/C20H30N4O3S/c1-5-11-21-18(26)22-12-8-13-28-19-23-15-9-6-7-10-16(15)24(19)14-17(25)27-20(2,3)4/h6-7,9-10H,5,8,11-14H2,1-4H3,(H2,21,22,26). The first-order valence-electron chi connectivity index (χ1n) is 9.62. The van der Waals surface area contributed by atoms with Gasteiger partial charge in [-0.2, -0.15) is 0 Å². The smallest absolute Gasteiger partial charge is 0.326 e. The Balaban J connectivity index is 1.96. The molecule has 1 aromatic carbocycles. The second-order valence-corrected chi connectivity index (χ2v) is 8.50. The molecule has 28 heavy (non-hydrogen) atoms. The van der Waals surface area contributed by atoms with Crippen molar-refractivity contribution in [2.45, 2.75) is 57.8 Å². The van der Waals surface area contributed by atoms with Crippen LogP contribution in [0.3, 0.4) is 0 Å². The third kappa shape index (κ3) is 7.07. The van der Waals surface area contributed by atoms with E-state index in [2.05, 4.69) is 15.6 Å². The lowest BCUT2D eigenvalue weighted by Crippen LogP contribution is -2.36. The minimum absolute atomic E-state index is 0.123. The summed E-state index contributed by atoms with van der Waals surface area (Å²) in [7, 11) is 0. The molecule has 0 fully saturated rings. The highest BCUT2D eigenvalue weighted by Gasteiger charge is 2.19. The zero-order chi connectivity index (χ0) is 20.6. The summed E-state index contributed by atoms with van der Waals surface area (Å²) in [4.78, 5) is 28.5. The largest absolute Gasteiger partial charge is 0.459 e. The molecule has 8 heteroatoms. The number of nitrogens with zero attached hydrogens (tertiary/aromatic N) is 2. The molecule has 0 saturated carbocycles. The summed E-state index contributed by atoms with van der Waals surface area (Å²) in [5.41, 5.74) is 1.24. The topological polar surface area (TPSA) is 85.3 Å². The number of urea groups is 1. The molecule has 0 atom stereocenters. The predicted molar refractivity (Wildman–Crippen MR) is 113 cm³/mol. The second-order valence-electron chi connectivity index (χ2n) is 7.44. The number of carbonyl (C=O) groups excluding carboxylic acids is 2. The summed E-state index contributed by atoms with van der Waals surface area (Å²) >= 11 is 1.57. The lowest BCUT2D eigenvalue weighted by Gasteiger charge is -2.20. The van der Waals surface area contributed by atoms with Gasteiger partial charge in [0.1, 0.15) is 12.1 Å². The molecule has 0 spiro atoms. The van der Waals surface area contributed by atoms with E-state index in [4.69, 9.17) is 4.74 Å². The first kappa shape index (κ1) is 22.1. The fourth-order valence-electron chi connectivity index (χ4n) is 2.56. The van der Waals surface area contributed by atoms with Crippen molar-refractivity contribution in [1.29, 1.82) is 0 Å². The quantitative estimate of drug-likeness (QED) is 0.378. The first-order valence-corrected chi connectivity index (χ1v) is 10.6. The number of fused-ring (bicyclic) bond motifs is 1. The van der Waals surface area contributed by atoms with Crippen LogP contribution in [0.15, 0.2) is 29.4 Å². The van der Waals surface area contributed by atoms with Crippen LogP contribution in [0.2, 0.25) is 0 Å². The van der Waals surface area contributed by atoms with E-state index in [-0.39, 0.29) is 18.5 Å². The first-order chi connectivity index (χ1) is 13.3. The number of ether oxygens (including phenoxy) is 1. The fourth-order valence-corrected chi connectivity index (χ4v) is 3.51. The third-order valence-corrected chi connectivity index (χ3v) is 4.76. The van der Waals surface area contributed by atoms with Gasteiger partial charge in [0.2, 0.25) is 0 Å². The highest BCUT2D eigenvalue weighted by molar-refractivity contribution is 7.99. The van der Waals surface area contributed by atoms with Crippen molar-refractivity contribution in [3.05, 3.63) is 24.3 Å². The number of hydrogen-bond donors (Lipinski definition) is 2. The number of imidazole rings is 1. The minimum Gasteiger partial charge on any atom is -0.459 e. The van der Waals surface area contributed by atoms with Gasteiger partial charge < -0.3 is 19.9 Å². The predicted octanol–water partition coefficient (Wildman–Crippen LogP) is 3.57. The fraction of sp³-hybridized carbons (Fsp3) is 0.550. The molecule has 154 valence electrons. The average Bonchev–Trinajstić information content (AvgIpc) is 2.95. The van der Waals surface area contributed by atoms with Crippen molar-refractivity contribution in [3.8, 4) is 0 Å². The lowest BCUT2D eigenvalue weighted by molar-refractivity contribution is -0.155. The van der Waals surface area contributed by atoms with Crippen molar-refractivity contribution in [1.82, 2.24) is 20.2 Å². The summed E-state index contributed by atoms with van der Waals surface area (Å²) in [6.07, 6.45) is 1.72. The van der Waals surface area contributed by atoms with Crippen LogP contribution in [0.1, 0.15) is 40.5 Å². The molecule has 0 unspecified atom stereocenters. The molecule has 2 N–H and O–H groups in total. The van der Waals surface area contributed by atoms with Gasteiger partial charge in [0.25, 0.3) is 0 Å². The molecule has 0 aliphatic carbocycles. The number of para-hydroxylation sites is 2. The zero-order valence-electron chi connectivity index (χ0n) is 17.1. The molecule has 2 amide bonds. The maximum atomic E-state index is 12.3. The van der Waals surface area contributed by atoms with Gasteiger partial charge in [-0.3, -0.25) is 4.79 Å². The molecule has 1 aromatic heterocycles. The van der Waals surface area contributed by atoms with Gasteiger partial charge >= 0.3 is 12.0 Å². The van der Waals surface area contributed by atoms with E-state index >= 15 is 0 Å². The molecule has 2 rings (SSSR count). The van der Waals surface area contributed by atoms with Crippen LogP contribution in [0.4, 0.5) is 4.79 Å². The average molecular weight is 407 g/mol. The third-order valence-electron chi connectivity index (χ3n) is 3.70. The van der Waals surface area contributed by atoms with Crippen LogP contribution >= 0.6 is 11.8 Å². The normalized spacial score (nSPS) is 11.4. The minimum atomic E-state index is -0.523. The van der Waals surface area contributed by atoms with Crippen molar-refractivity contribution < 1.29 is 14.3 Å². The van der Waals surface area contributed by atoms with E-state index in [0.717, 1.165) is 34.8 Å². The molecular formula is C20H30N4O3S. The van der Waals surface area contributed by atoms with E-state index in [9.17, 15) is 9.59 Å². The Labute approximate surface area is 170 Å². The Morgan fingerprint density at radius 1 is 1.18 bits per heavy atom. The SMILES string of the molecule is CCCNC(=O)NCCCSc1nc2ccccc2n1CC(=O)OC(C)(C)C. The van der Waals surface area contributed by atoms with Gasteiger partial charge in [-0.15, -0.1) is 0 Å². The van der Waals surface area contributed by atoms with Crippen LogP contribution in [-0.2, 0) is 16.1 Å². The Kier molecular flexibility index (Phi) is 8.17. The number of rotatable bonds is 9. The Bertz CT molecular complexity index is 798. The molecule has 1 heterocycles. The zero-order valence-corrected chi connectivity index (χ0v) is 17.9. The molecule has 0 bridgehead atoms. The lowest BCUT2D eigenvalue weighted by atomic mass is 10.2. The van der Waals surface area contributed by atoms with Crippen LogP contribution in [0, 0.1) is 0 Å². The van der Waals surface area contributed by atoms with E-state index in [1.807, 2.05) is 56.5 Å². The number of nitrogens with one attached hydrogen (secondary N) is 2. The second kappa shape index (κ2) is 10.4. The summed E-state index contributed by atoms with van der Waals surface area (Å²) in [5, 5.41) is 6.40. The van der Waals surface area contributed by atoms with Gasteiger partial charge in [0.15, 0.2) is 5.16 Å². The maximum absolute atomic E-state index is 12.3. The van der Waals surface area contributed by atoms with Crippen molar-refractivity contribution in [2.24, 2.45) is 0 Å². The van der Waals surface area contributed by atoms with Crippen LogP contribution in [0.25, 0.3) is 11.0 Å². The van der Waals surface area contributed by atoms with E-state index in [1.54, 1.807) is 11.8 Å². The van der Waals surface area contributed by atoms with Gasteiger partial charge in [0.05, 0.1) is 11.0 Å². The Morgan fingerprint density at radius 3 is 2.61 bits per heavy atom. The van der Waals surface area contributed by atoms with Gasteiger partial charge in [-0.25, -0.2) is 9.78 Å². The highest BCUT2D eigenvalue weighted by Crippen LogP contribution is 2.25. The monoisotopic (exact) mass is 406 g/mol. The number of esters is 1. The van der Waals surface area contributed by atoms with Gasteiger partial charge in [-0.05, 0) is 45.7 Å². The van der Waals surface area contributed by atoms with Crippen LogP contribution < -0.4 is 10.6 Å². The Hall–Kier alpha value is -2.22. The van der Waals surface area contributed by atoms with Crippen molar-refractivity contribution >= 4 is 34.8 Å². The number of aromatic nitrogens is 2. The Morgan fingerprint density at radius 2 is 1.89 bits per heavy atom. The van der Waals surface area contributed by atoms with Crippen LogP contribution in [0.5, 0.6) is 0 Å². The summed E-state index contributed by atoms with van der Waals surface area (Å²) in [6, 6.07) is 7.62. The van der Waals surface area contributed by atoms with E-state index < -0.39 is 5.60 Å². The van der Waals surface area contributed by atoms with E-state index in [1.165, 1.54) is 0 Å². The molecule has 0 aliphatic rings. The number of carbonyl (C=O) groups is 2. The van der Waals surface area contributed by atoms with E-state index in [0.29, 0.717) is 13.1 Å². The molecule has 2 aromatic rings. The van der Waals surface area contributed by atoms with Gasteiger partial charge in [-0.1, -0.05) is 30.8 Å². The number of amides is 2. The molecular weight excluding hydrogens is 376 g/mol. The number of benzene rings is 1. The van der Waals surface area contributed by atoms with Gasteiger partial charge in [0, 0.05) is 18.8 Å². The highest BCUT2D eigenvalue weighted by atomic mass is 32.2. The number of hydrogen-bond acceptors (Lipinski definition) is 5. The summed E-state index contributed by atoms with van der Waals surface area (Å²) in [5.74, 6) is 0.498. The molecule has 0 aliphatic heterocycles. The summed E-state index contributed by atoms with van der Waals surface area (Å²) < 4.78 is 7.36. The summed E-state index contributed by atoms with van der Waals surface area (Å²) in [6.45, 7) is 8.98. The maximum Gasteiger partial charge on any atom is 0.326 e. The molecule has 0 saturated heterocycles. The molecule has 0 radical (unpaired) electrons.